The van der Waals surface area contributed by atoms with Crippen LogP contribution in [-0.2, 0) is 17.9 Å². The van der Waals surface area contributed by atoms with Crippen molar-refractivity contribution in [3.63, 3.8) is 0 Å². The summed E-state index contributed by atoms with van der Waals surface area (Å²) >= 11 is 0. The van der Waals surface area contributed by atoms with Gasteiger partial charge in [-0.05, 0) is 55.2 Å². The van der Waals surface area contributed by atoms with Crippen molar-refractivity contribution in [2.24, 2.45) is 5.73 Å². The fourth-order valence-corrected chi connectivity index (χ4v) is 3.93. The second kappa shape index (κ2) is 5.99. The van der Waals surface area contributed by atoms with Gasteiger partial charge in [-0.3, -0.25) is 9.69 Å². The van der Waals surface area contributed by atoms with Gasteiger partial charge in [-0.15, -0.1) is 0 Å². The first kappa shape index (κ1) is 16.8. The molecule has 6 heteroatoms. The van der Waals surface area contributed by atoms with Crippen LogP contribution in [0.15, 0.2) is 53.0 Å². The van der Waals surface area contributed by atoms with E-state index < -0.39 is 0 Å². The number of rotatable bonds is 2. The first-order chi connectivity index (χ1) is 12.3. The van der Waals surface area contributed by atoms with E-state index in [9.17, 15) is 9.18 Å². The Balaban J connectivity index is 1.68. The second-order valence-electron chi connectivity index (χ2n) is 7.31. The van der Waals surface area contributed by atoms with E-state index in [1.54, 1.807) is 11.0 Å². The monoisotopic (exact) mass is 354 g/mol. The third-order valence-corrected chi connectivity index (χ3v) is 5.25. The molecule has 3 aliphatic heterocycles. The Morgan fingerprint density at radius 2 is 2.00 bits per heavy atom. The largest absolute Gasteiger partial charge is 0.349 e. The van der Waals surface area contributed by atoms with Crippen LogP contribution in [0, 0.1) is 5.82 Å². The van der Waals surface area contributed by atoms with Crippen LogP contribution in [0.4, 0.5) is 4.39 Å². The number of benzene rings is 1. The lowest BCUT2D eigenvalue weighted by Crippen LogP contribution is -2.57. The van der Waals surface area contributed by atoms with Crippen molar-refractivity contribution < 1.29 is 9.18 Å². The van der Waals surface area contributed by atoms with Crippen LogP contribution in [-0.4, -0.2) is 27.9 Å². The van der Waals surface area contributed by atoms with E-state index in [1.165, 1.54) is 6.07 Å². The molecule has 3 N–H and O–H groups in total. The SMILES string of the molecule is CC1=CN2C(=O)C(C)=C(N3Cc4ccc(F)cc4C3)NC2C(C(C)N)=C1. The Morgan fingerprint density at radius 3 is 2.73 bits per heavy atom. The van der Waals surface area contributed by atoms with Crippen LogP contribution in [0.5, 0.6) is 0 Å². The lowest BCUT2D eigenvalue weighted by Gasteiger charge is -2.43. The molecule has 0 aliphatic carbocycles. The molecule has 4 rings (SSSR count). The number of nitrogens with zero attached hydrogens (tertiary/aromatic N) is 2. The lowest BCUT2D eigenvalue weighted by molar-refractivity contribution is -0.127. The van der Waals surface area contributed by atoms with Crippen LogP contribution < -0.4 is 11.1 Å². The van der Waals surface area contributed by atoms with E-state index in [-0.39, 0.29) is 23.9 Å². The molecule has 2 atom stereocenters. The number of allylic oxidation sites excluding steroid dienone is 2. The highest BCUT2D eigenvalue weighted by atomic mass is 19.1. The number of fused-ring (bicyclic) bond motifs is 2. The summed E-state index contributed by atoms with van der Waals surface area (Å²) in [6.07, 6.45) is 3.61. The molecule has 26 heavy (non-hydrogen) atoms. The highest BCUT2D eigenvalue weighted by Crippen LogP contribution is 2.32. The van der Waals surface area contributed by atoms with Crippen molar-refractivity contribution in [3.8, 4) is 0 Å². The number of amides is 1. The zero-order valence-electron chi connectivity index (χ0n) is 15.2. The number of carbonyl (C=O) groups is 1. The molecule has 1 aromatic carbocycles. The number of halogens is 1. The normalized spacial score (nSPS) is 23.3. The predicted molar refractivity (Wildman–Crippen MR) is 97.6 cm³/mol. The summed E-state index contributed by atoms with van der Waals surface area (Å²) in [6, 6.07) is 4.70. The van der Waals surface area contributed by atoms with Crippen molar-refractivity contribution in [1.82, 2.24) is 15.1 Å². The Morgan fingerprint density at radius 1 is 1.27 bits per heavy atom. The van der Waals surface area contributed by atoms with Gasteiger partial charge in [0.25, 0.3) is 5.91 Å². The molecular formula is C20H23FN4O. The van der Waals surface area contributed by atoms with E-state index >= 15 is 0 Å². The third-order valence-electron chi connectivity index (χ3n) is 5.25. The quantitative estimate of drug-likeness (QED) is 0.856. The van der Waals surface area contributed by atoms with Gasteiger partial charge < -0.3 is 16.0 Å². The Hall–Kier alpha value is -2.60. The smallest absolute Gasteiger partial charge is 0.259 e. The summed E-state index contributed by atoms with van der Waals surface area (Å²) in [5.41, 5.74) is 10.8. The average Bonchev–Trinajstić information content (AvgIpc) is 3.00. The van der Waals surface area contributed by atoms with Crippen molar-refractivity contribution in [1.29, 1.82) is 0 Å². The fraction of sp³-hybridized carbons (Fsp3) is 0.350. The molecule has 0 bridgehead atoms. The zero-order chi connectivity index (χ0) is 18.6. The van der Waals surface area contributed by atoms with Crippen LogP contribution in [0.25, 0.3) is 0 Å². The van der Waals surface area contributed by atoms with Crippen molar-refractivity contribution in [2.75, 3.05) is 0 Å². The van der Waals surface area contributed by atoms with Crippen LogP contribution in [0.3, 0.4) is 0 Å². The van der Waals surface area contributed by atoms with Gasteiger partial charge in [-0.25, -0.2) is 4.39 Å². The molecule has 0 spiro atoms. The van der Waals surface area contributed by atoms with Gasteiger partial charge in [0.1, 0.15) is 17.8 Å². The minimum atomic E-state index is -0.287. The topological polar surface area (TPSA) is 61.6 Å². The average molecular weight is 354 g/mol. The van der Waals surface area contributed by atoms with Gasteiger partial charge in [0.05, 0.1) is 5.57 Å². The number of carbonyl (C=O) groups excluding carboxylic acids is 1. The van der Waals surface area contributed by atoms with Crippen molar-refractivity contribution >= 4 is 5.91 Å². The van der Waals surface area contributed by atoms with Gasteiger partial charge in [-0.2, -0.15) is 0 Å². The van der Waals surface area contributed by atoms with Gasteiger partial charge in [0.2, 0.25) is 0 Å². The molecule has 1 amide bonds. The maximum atomic E-state index is 13.5. The zero-order valence-corrected chi connectivity index (χ0v) is 15.2. The van der Waals surface area contributed by atoms with E-state index in [0.717, 1.165) is 28.1 Å². The van der Waals surface area contributed by atoms with Crippen LogP contribution in [0.1, 0.15) is 31.9 Å². The molecule has 0 aromatic heterocycles. The molecule has 3 aliphatic rings. The number of nitrogens with two attached hydrogens (primary N) is 1. The van der Waals surface area contributed by atoms with Crippen molar-refractivity contribution in [2.45, 2.75) is 46.1 Å². The van der Waals surface area contributed by atoms with Gasteiger partial charge in [0, 0.05) is 25.3 Å². The summed E-state index contributed by atoms with van der Waals surface area (Å²) in [5.74, 6) is 0.536. The minimum Gasteiger partial charge on any atom is -0.349 e. The number of hydrogen-bond donors (Lipinski definition) is 2. The summed E-state index contributed by atoms with van der Waals surface area (Å²) in [5, 5.41) is 3.50. The van der Waals surface area contributed by atoms with Gasteiger partial charge in [0.15, 0.2) is 0 Å². The van der Waals surface area contributed by atoms with Crippen molar-refractivity contribution in [3.05, 3.63) is 70.0 Å². The van der Waals surface area contributed by atoms with E-state index in [0.29, 0.717) is 18.7 Å². The van der Waals surface area contributed by atoms with Gasteiger partial charge in [-0.1, -0.05) is 12.1 Å². The first-order valence-electron chi connectivity index (χ1n) is 8.83. The summed E-state index contributed by atoms with van der Waals surface area (Å²) in [7, 11) is 0. The van der Waals surface area contributed by atoms with E-state index in [2.05, 4.69) is 10.2 Å². The summed E-state index contributed by atoms with van der Waals surface area (Å²) in [6.45, 7) is 6.96. The molecule has 2 unspecified atom stereocenters. The Bertz CT molecular complexity index is 884. The Kier molecular flexibility index (Phi) is 3.88. The predicted octanol–water partition coefficient (Wildman–Crippen LogP) is 2.32. The van der Waals surface area contributed by atoms with Crippen LogP contribution >= 0.6 is 0 Å². The Labute approximate surface area is 152 Å². The highest BCUT2D eigenvalue weighted by Gasteiger charge is 2.38. The molecule has 0 saturated heterocycles. The maximum absolute atomic E-state index is 13.5. The van der Waals surface area contributed by atoms with Crippen LogP contribution in [0.2, 0.25) is 0 Å². The maximum Gasteiger partial charge on any atom is 0.259 e. The standard InChI is InChI=1S/C20H23FN4O/c1-11-6-17(13(3)22)19-23-18(12(2)20(26)25(19)8-11)24-9-14-4-5-16(21)7-15(14)10-24/h4-8,13,19,23H,9-10,22H2,1-3H3. The second-order valence-corrected chi connectivity index (χ2v) is 7.31. The number of hydrogen-bond acceptors (Lipinski definition) is 4. The van der Waals surface area contributed by atoms with Gasteiger partial charge >= 0.3 is 0 Å². The first-order valence-corrected chi connectivity index (χ1v) is 8.83. The highest BCUT2D eigenvalue weighted by molar-refractivity contribution is 5.96. The number of nitrogens with one attached hydrogen (secondary N) is 1. The van der Waals surface area contributed by atoms with E-state index in [1.807, 2.05) is 39.1 Å². The molecule has 1 aromatic rings. The molecule has 3 heterocycles. The summed E-state index contributed by atoms with van der Waals surface area (Å²) < 4.78 is 13.5. The molecule has 136 valence electrons. The third kappa shape index (κ3) is 2.61. The fourth-order valence-electron chi connectivity index (χ4n) is 3.93. The molecule has 0 fully saturated rings. The van der Waals surface area contributed by atoms with E-state index in [4.69, 9.17) is 5.73 Å². The minimum absolute atomic E-state index is 0.0310. The molecule has 0 radical (unpaired) electrons. The summed E-state index contributed by atoms with van der Waals surface area (Å²) in [4.78, 5) is 16.8. The molecule has 5 nitrogen and oxygen atoms in total. The molecular weight excluding hydrogens is 331 g/mol. The molecule has 0 saturated carbocycles. The lowest BCUT2D eigenvalue weighted by atomic mass is 9.97.